The van der Waals surface area contributed by atoms with Crippen LogP contribution in [0, 0.1) is 19.1 Å². The monoisotopic (exact) mass is 1100 g/mol. The number of aryl methyl sites for hydroxylation is 1. The van der Waals surface area contributed by atoms with Crippen molar-refractivity contribution in [3.8, 4) is 44.8 Å². The first-order valence-electron chi connectivity index (χ1n) is 18.2. The van der Waals surface area contributed by atoms with Gasteiger partial charge in [0.05, 0.1) is 11.0 Å². The van der Waals surface area contributed by atoms with Gasteiger partial charge in [-0.3, -0.25) is 15.0 Å². The predicted octanol–water partition coefficient (Wildman–Crippen LogP) is 11.6. The van der Waals surface area contributed by atoms with Gasteiger partial charge in [0.25, 0.3) is 0 Å². The predicted molar refractivity (Wildman–Crippen MR) is 224 cm³/mol. The van der Waals surface area contributed by atoms with E-state index in [0.717, 1.165) is 55.7 Å². The van der Waals surface area contributed by atoms with Crippen molar-refractivity contribution in [1.82, 2.24) is 29.9 Å². The van der Waals surface area contributed by atoms with Gasteiger partial charge >= 0.3 is 0 Å². The molecular weight excluding hydrogens is 1060 g/mol. The fraction of sp³-hybridized carbons (Fsp3) is 0.102. The van der Waals surface area contributed by atoms with Gasteiger partial charge in [-0.15, -0.1) is 53.6 Å². The number of pyridine rings is 4. The van der Waals surface area contributed by atoms with E-state index in [1.165, 1.54) is 22.3 Å². The Balaban J connectivity index is 0.000000174. The van der Waals surface area contributed by atoms with E-state index in [0.29, 0.717) is 0 Å². The third-order valence-electron chi connectivity index (χ3n) is 9.06. The molecule has 57 heavy (non-hydrogen) atoms. The molecule has 0 N–H and O–H groups in total. The van der Waals surface area contributed by atoms with Gasteiger partial charge in [0.15, 0.2) is 0 Å². The van der Waals surface area contributed by atoms with Gasteiger partial charge in [0, 0.05) is 80.7 Å². The van der Waals surface area contributed by atoms with E-state index >= 15 is 0 Å². The van der Waals surface area contributed by atoms with Crippen LogP contribution in [0.3, 0.4) is 0 Å². The molecule has 0 saturated carbocycles. The van der Waals surface area contributed by atoms with E-state index < -0.39 is 0 Å². The van der Waals surface area contributed by atoms with Crippen molar-refractivity contribution in [2.45, 2.75) is 33.1 Å². The Morgan fingerprint density at radius 3 is 1.60 bits per heavy atom. The minimum Gasteiger partial charge on any atom is -0.357 e. The van der Waals surface area contributed by atoms with Gasteiger partial charge in [0.1, 0.15) is 6.33 Å². The zero-order valence-electron chi connectivity index (χ0n) is 32.0. The summed E-state index contributed by atoms with van der Waals surface area (Å²) < 4.78 is 0. The van der Waals surface area contributed by atoms with Crippen LogP contribution < -0.4 is 0 Å². The molecule has 0 unspecified atom stereocenters. The van der Waals surface area contributed by atoms with Crippen molar-refractivity contribution >= 4 is 21.8 Å². The van der Waals surface area contributed by atoms with Gasteiger partial charge in [-0.2, -0.15) is 0 Å². The smallest absolute Gasteiger partial charge is 0.105 e. The number of aromatic nitrogens is 6. The van der Waals surface area contributed by atoms with Crippen molar-refractivity contribution in [3.63, 3.8) is 0 Å². The third kappa shape index (κ3) is 10.4. The van der Waals surface area contributed by atoms with E-state index in [-0.39, 0.29) is 45.6 Å². The molecule has 9 aromatic rings. The molecule has 0 aliphatic carbocycles. The van der Waals surface area contributed by atoms with Gasteiger partial charge < -0.3 is 9.97 Å². The molecule has 2 radical (unpaired) electrons. The first kappa shape index (κ1) is 42.5. The quantitative estimate of drug-likeness (QED) is 0.129. The Hall–Kier alpha value is -5.62. The maximum atomic E-state index is 4.67. The second kappa shape index (κ2) is 20.0. The molecule has 4 aromatic carbocycles. The summed E-state index contributed by atoms with van der Waals surface area (Å²) in [6.45, 7) is 8.38. The van der Waals surface area contributed by atoms with E-state index in [9.17, 15) is 0 Å². The van der Waals surface area contributed by atoms with Crippen molar-refractivity contribution < 1.29 is 40.2 Å². The molecule has 0 fully saturated rings. The number of benzene rings is 4. The summed E-state index contributed by atoms with van der Waals surface area (Å²) in [4.78, 5) is 26.4. The molecule has 0 bridgehead atoms. The number of nitrogens with zero attached hydrogens (tertiary/aromatic N) is 6. The molecule has 286 valence electrons. The molecule has 0 atom stereocenters. The summed E-state index contributed by atoms with van der Waals surface area (Å²) in [6, 6.07) is 53.2. The summed E-state index contributed by atoms with van der Waals surface area (Å²) in [5.41, 5.74) is 12.5. The molecule has 5 heterocycles. The van der Waals surface area contributed by atoms with E-state index in [2.05, 4.69) is 136 Å². The van der Waals surface area contributed by atoms with Crippen LogP contribution in [0.5, 0.6) is 0 Å². The molecule has 8 heteroatoms. The topological polar surface area (TPSA) is 77.3 Å². The fourth-order valence-electron chi connectivity index (χ4n) is 6.24. The van der Waals surface area contributed by atoms with Crippen molar-refractivity contribution in [2.75, 3.05) is 0 Å². The Morgan fingerprint density at radius 2 is 1.07 bits per heavy atom. The molecule has 0 aliphatic heterocycles. The molecule has 5 aromatic heterocycles. The van der Waals surface area contributed by atoms with Crippen LogP contribution >= 0.6 is 0 Å². The number of hydrogen-bond donors (Lipinski definition) is 0. The second-order valence-electron chi connectivity index (χ2n) is 13.9. The van der Waals surface area contributed by atoms with Crippen LogP contribution in [0.4, 0.5) is 0 Å². The molecular formula is C49H40Ir2N6-2. The van der Waals surface area contributed by atoms with Gasteiger partial charge in [-0.25, -0.2) is 4.98 Å². The first-order chi connectivity index (χ1) is 26.9. The van der Waals surface area contributed by atoms with Crippen molar-refractivity contribution in [3.05, 3.63) is 194 Å². The minimum absolute atomic E-state index is 0. The maximum Gasteiger partial charge on any atom is 0.105 e. The molecule has 6 nitrogen and oxygen atoms in total. The number of rotatable bonds is 4. The van der Waals surface area contributed by atoms with E-state index in [1.54, 1.807) is 24.8 Å². The third-order valence-corrected chi connectivity index (χ3v) is 9.06. The molecule has 0 amide bonds. The van der Waals surface area contributed by atoms with Crippen LogP contribution in [0.25, 0.3) is 66.6 Å². The minimum atomic E-state index is 0. The Morgan fingerprint density at radius 1 is 0.474 bits per heavy atom. The van der Waals surface area contributed by atoms with Crippen molar-refractivity contribution in [2.24, 2.45) is 0 Å². The van der Waals surface area contributed by atoms with E-state index in [1.807, 2.05) is 80.0 Å². The summed E-state index contributed by atoms with van der Waals surface area (Å²) in [7, 11) is 0. The fourth-order valence-corrected chi connectivity index (χ4v) is 6.24. The SMILES string of the molecule is Cc1ncc[c-]c1-c1cc(C(C)(C)C)ncn1.[Ir].[Ir].[c-]1ccccc1-c1ccccn1.c1ccc(-c2ccnc3c2ccc2c(-c4ccccc4)ccnc23)cc1. The average Bonchev–Trinajstić information content (AvgIpc) is 3.25. The Bertz CT molecular complexity index is 2500. The number of fused-ring (bicyclic) bond motifs is 3. The van der Waals surface area contributed by atoms with Crippen LogP contribution in [-0.4, -0.2) is 29.9 Å². The normalized spacial score (nSPS) is 10.5. The maximum absolute atomic E-state index is 4.67. The van der Waals surface area contributed by atoms with Crippen LogP contribution in [-0.2, 0) is 45.6 Å². The first-order valence-corrected chi connectivity index (χ1v) is 18.2. The molecule has 0 spiro atoms. The molecule has 9 rings (SSSR count). The summed E-state index contributed by atoms with van der Waals surface area (Å²) in [5, 5.41) is 2.26. The Labute approximate surface area is 361 Å². The largest absolute Gasteiger partial charge is 0.357 e. The van der Waals surface area contributed by atoms with Crippen LogP contribution in [0.1, 0.15) is 32.2 Å². The Kier molecular flexibility index (Phi) is 14.9. The molecule has 0 saturated heterocycles. The van der Waals surface area contributed by atoms with Crippen molar-refractivity contribution in [1.29, 1.82) is 0 Å². The standard InChI is InChI=1S/C24H16N2.C14H16N3.C11H8N.2Ir/c1-3-7-17(8-4-1)19-13-15-25-23-21(19)11-12-22-20(14-16-26-24(22)23)18-9-5-2-6-10-18;1-10-11(6-5-7-15-10)12-8-13(14(2,3)4)17-9-16-12;1-2-6-10(7-3-1)11-8-4-5-9-12-11;;/h1-16H;5,7-9H,1-4H3;1-6,8-9H;;/q;2*-1;;. The average molecular weight is 1100 g/mol. The van der Waals surface area contributed by atoms with Crippen LogP contribution in [0.2, 0.25) is 0 Å². The number of hydrogen-bond acceptors (Lipinski definition) is 6. The van der Waals surface area contributed by atoms with Gasteiger partial charge in [-0.05, 0) is 57.5 Å². The van der Waals surface area contributed by atoms with Gasteiger partial charge in [0.2, 0.25) is 0 Å². The zero-order valence-corrected chi connectivity index (χ0v) is 36.8. The summed E-state index contributed by atoms with van der Waals surface area (Å²) in [5.74, 6) is 0. The second-order valence-corrected chi connectivity index (χ2v) is 13.9. The van der Waals surface area contributed by atoms with Crippen LogP contribution in [0.15, 0.2) is 171 Å². The molecule has 0 aliphatic rings. The van der Waals surface area contributed by atoms with Gasteiger partial charge in [-0.1, -0.05) is 125 Å². The summed E-state index contributed by atoms with van der Waals surface area (Å²) in [6.07, 6.45) is 8.89. The van der Waals surface area contributed by atoms with E-state index in [4.69, 9.17) is 0 Å². The summed E-state index contributed by atoms with van der Waals surface area (Å²) >= 11 is 0. The zero-order chi connectivity index (χ0) is 38.0.